The van der Waals surface area contributed by atoms with E-state index in [0.29, 0.717) is 28.0 Å². The maximum Gasteiger partial charge on any atom is 0.265 e. The summed E-state index contributed by atoms with van der Waals surface area (Å²) in [7, 11) is -0.766. The van der Waals surface area contributed by atoms with Crippen molar-refractivity contribution in [3.63, 3.8) is 0 Å². The molecule has 2 aromatic rings. The number of rotatable bonds is 4. The molecule has 1 aliphatic rings. The molecule has 144 valence electrons. The lowest BCUT2D eigenvalue weighted by Gasteiger charge is -2.23. The van der Waals surface area contributed by atoms with Crippen LogP contribution in [-0.4, -0.2) is 34.5 Å². The SMILES string of the molecule is COc1ccc(N(C)S(=O)(=O)c2cc3c(cc2Br)C[C@@H](C)N3C(C)=O)cc1. The van der Waals surface area contributed by atoms with Crippen molar-refractivity contribution in [1.82, 2.24) is 0 Å². The van der Waals surface area contributed by atoms with Crippen molar-refractivity contribution < 1.29 is 17.9 Å². The van der Waals surface area contributed by atoms with Gasteiger partial charge in [0.05, 0.1) is 12.8 Å². The molecule has 0 unspecified atom stereocenters. The number of ether oxygens (including phenoxy) is 1. The van der Waals surface area contributed by atoms with E-state index >= 15 is 0 Å². The van der Waals surface area contributed by atoms with Gasteiger partial charge in [-0.2, -0.15) is 0 Å². The number of benzene rings is 2. The molecule has 0 saturated carbocycles. The highest BCUT2D eigenvalue weighted by atomic mass is 79.9. The van der Waals surface area contributed by atoms with E-state index in [1.165, 1.54) is 18.3 Å². The van der Waals surface area contributed by atoms with Gasteiger partial charge in [-0.1, -0.05) is 0 Å². The van der Waals surface area contributed by atoms with Crippen LogP contribution in [0.2, 0.25) is 0 Å². The molecule has 0 fully saturated rings. The Bertz CT molecular complexity index is 990. The lowest BCUT2D eigenvalue weighted by Crippen LogP contribution is -2.33. The molecule has 8 heteroatoms. The topological polar surface area (TPSA) is 66.9 Å². The Labute approximate surface area is 167 Å². The molecule has 1 heterocycles. The maximum absolute atomic E-state index is 13.2. The molecule has 0 aromatic heterocycles. The Morgan fingerprint density at radius 1 is 1.26 bits per heavy atom. The standard InChI is InChI=1S/C19H21BrN2O4S/c1-12-9-14-10-17(20)19(11-18(14)22(12)13(2)23)27(24,25)21(3)15-5-7-16(26-4)8-6-15/h5-8,10-12H,9H2,1-4H3/t12-/m1/s1. The van der Waals surface area contributed by atoms with E-state index in [1.54, 1.807) is 48.4 Å². The minimum atomic E-state index is -3.82. The molecule has 0 aliphatic carbocycles. The summed E-state index contributed by atoms with van der Waals surface area (Å²) in [6.45, 7) is 3.44. The predicted octanol–water partition coefficient (Wildman–Crippen LogP) is 3.58. The van der Waals surface area contributed by atoms with E-state index < -0.39 is 10.0 Å². The predicted molar refractivity (Wildman–Crippen MR) is 109 cm³/mol. The number of carbonyl (C=O) groups is 1. The van der Waals surface area contributed by atoms with Crippen LogP contribution in [0, 0.1) is 0 Å². The summed E-state index contributed by atoms with van der Waals surface area (Å²) in [6, 6.07) is 10.2. The molecule has 1 amide bonds. The summed E-state index contributed by atoms with van der Waals surface area (Å²) in [6.07, 6.45) is 0.697. The van der Waals surface area contributed by atoms with Gasteiger partial charge in [-0.05, 0) is 71.2 Å². The third-order valence-electron chi connectivity index (χ3n) is 4.76. The second kappa shape index (κ2) is 7.16. The zero-order valence-electron chi connectivity index (χ0n) is 15.6. The molecule has 0 bridgehead atoms. The van der Waals surface area contributed by atoms with Crippen LogP contribution in [0.5, 0.6) is 5.75 Å². The van der Waals surface area contributed by atoms with Crippen LogP contribution in [0.3, 0.4) is 0 Å². The molecule has 0 spiro atoms. The largest absolute Gasteiger partial charge is 0.497 e. The highest BCUT2D eigenvalue weighted by molar-refractivity contribution is 9.10. The Hall–Kier alpha value is -2.06. The molecule has 0 N–H and O–H groups in total. The third kappa shape index (κ3) is 3.43. The van der Waals surface area contributed by atoms with Gasteiger partial charge >= 0.3 is 0 Å². The van der Waals surface area contributed by atoms with Crippen molar-refractivity contribution >= 4 is 43.2 Å². The zero-order chi connectivity index (χ0) is 19.9. The molecule has 1 aliphatic heterocycles. The van der Waals surface area contributed by atoms with Gasteiger partial charge in [0.2, 0.25) is 5.91 Å². The number of hydrogen-bond donors (Lipinski definition) is 0. The molecule has 2 aromatic carbocycles. The zero-order valence-corrected chi connectivity index (χ0v) is 18.0. The summed E-state index contributed by atoms with van der Waals surface area (Å²) in [5.74, 6) is 0.546. The van der Waals surface area contributed by atoms with Crippen LogP contribution in [-0.2, 0) is 21.2 Å². The second-order valence-electron chi connectivity index (χ2n) is 6.52. The first kappa shape index (κ1) is 19.7. The van der Waals surface area contributed by atoms with Crippen molar-refractivity contribution in [2.75, 3.05) is 23.4 Å². The van der Waals surface area contributed by atoms with Crippen LogP contribution in [0.15, 0.2) is 45.8 Å². The van der Waals surface area contributed by atoms with E-state index in [2.05, 4.69) is 15.9 Å². The number of hydrogen-bond acceptors (Lipinski definition) is 4. The summed E-state index contributed by atoms with van der Waals surface area (Å²) in [4.78, 5) is 13.8. The van der Waals surface area contributed by atoms with Gasteiger partial charge in [0.25, 0.3) is 10.0 Å². The number of amides is 1. The molecule has 0 radical (unpaired) electrons. The number of halogens is 1. The number of methoxy groups -OCH3 is 1. The summed E-state index contributed by atoms with van der Waals surface area (Å²) < 4.78 is 33.3. The molecule has 6 nitrogen and oxygen atoms in total. The van der Waals surface area contributed by atoms with Gasteiger partial charge < -0.3 is 9.64 Å². The quantitative estimate of drug-likeness (QED) is 0.710. The normalized spacial score (nSPS) is 16.2. The monoisotopic (exact) mass is 452 g/mol. The van der Waals surface area contributed by atoms with Crippen molar-refractivity contribution in [3.05, 3.63) is 46.4 Å². The van der Waals surface area contributed by atoms with Gasteiger partial charge in [-0.3, -0.25) is 9.10 Å². The van der Waals surface area contributed by atoms with E-state index in [4.69, 9.17) is 4.74 Å². The number of nitrogens with zero attached hydrogens (tertiary/aromatic N) is 2. The fraction of sp³-hybridized carbons (Fsp3) is 0.316. The van der Waals surface area contributed by atoms with E-state index in [1.807, 2.05) is 6.92 Å². The summed E-state index contributed by atoms with van der Waals surface area (Å²) >= 11 is 3.40. The van der Waals surface area contributed by atoms with Crippen molar-refractivity contribution in [2.24, 2.45) is 0 Å². The Kier molecular flexibility index (Phi) is 5.22. The number of anilines is 2. The number of sulfonamides is 1. The number of carbonyl (C=O) groups excluding carboxylic acids is 1. The minimum absolute atomic E-state index is 0.00155. The van der Waals surface area contributed by atoms with Gasteiger partial charge in [-0.25, -0.2) is 8.42 Å². The van der Waals surface area contributed by atoms with E-state index in [0.717, 1.165) is 5.56 Å². The molecule has 0 saturated heterocycles. The van der Waals surface area contributed by atoms with E-state index in [-0.39, 0.29) is 16.8 Å². The molecular formula is C19H21BrN2O4S. The molecule has 3 rings (SSSR count). The maximum atomic E-state index is 13.2. The fourth-order valence-electron chi connectivity index (χ4n) is 3.37. The van der Waals surface area contributed by atoms with Crippen molar-refractivity contribution in [2.45, 2.75) is 31.2 Å². The Balaban J connectivity index is 2.05. The minimum Gasteiger partial charge on any atom is -0.497 e. The van der Waals surface area contributed by atoms with Crippen LogP contribution in [0.25, 0.3) is 0 Å². The summed E-state index contributed by atoms with van der Waals surface area (Å²) in [5, 5.41) is 0. The second-order valence-corrected chi connectivity index (χ2v) is 9.32. The van der Waals surface area contributed by atoms with Crippen molar-refractivity contribution in [3.8, 4) is 5.75 Å². The summed E-state index contributed by atoms with van der Waals surface area (Å²) in [5.41, 5.74) is 2.12. The molecule has 27 heavy (non-hydrogen) atoms. The first-order chi connectivity index (χ1) is 12.7. The molecular weight excluding hydrogens is 432 g/mol. The van der Waals surface area contributed by atoms with Crippen LogP contribution in [0.1, 0.15) is 19.4 Å². The molecule has 1 atom stereocenters. The fourth-order valence-corrected chi connectivity index (χ4v) is 5.64. The first-order valence-electron chi connectivity index (χ1n) is 8.42. The van der Waals surface area contributed by atoms with E-state index in [9.17, 15) is 13.2 Å². The lowest BCUT2D eigenvalue weighted by atomic mass is 10.1. The first-order valence-corrected chi connectivity index (χ1v) is 10.7. The average Bonchev–Trinajstić information content (AvgIpc) is 2.95. The van der Waals surface area contributed by atoms with Crippen LogP contribution >= 0.6 is 15.9 Å². The average molecular weight is 453 g/mol. The Morgan fingerprint density at radius 2 is 1.89 bits per heavy atom. The van der Waals surface area contributed by atoms with Gasteiger partial charge in [-0.15, -0.1) is 0 Å². The smallest absolute Gasteiger partial charge is 0.265 e. The third-order valence-corrected chi connectivity index (χ3v) is 7.51. The highest BCUT2D eigenvalue weighted by Gasteiger charge is 2.33. The number of fused-ring (bicyclic) bond motifs is 1. The van der Waals surface area contributed by atoms with Crippen LogP contribution in [0.4, 0.5) is 11.4 Å². The van der Waals surface area contributed by atoms with Gasteiger partial charge in [0.1, 0.15) is 10.6 Å². The van der Waals surface area contributed by atoms with Crippen molar-refractivity contribution in [1.29, 1.82) is 0 Å². The Morgan fingerprint density at radius 3 is 2.44 bits per heavy atom. The van der Waals surface area contributed by atoms with Gasteiger partial charge in [0.15, 0.2) is 0 Å². The lowest BCUT2D eigenvalue weighted by molar-refractivity contribution is -0.116. The van der Waals surface area contributed by atoms with Gasteiger partial charge in [0, 0.05) is 30.2 Å². The highest BCUT2D eigenvalue weighted by Crippen LogP contribution is 2.39. The van der Waals surface area contributed by atoms with Crippen LogP contribution < -0.4 is 13.9 Å².